The van der Waals surface area contributed by atoms with Gasteiger partial charge >= 0.3 is 59.1 Å². The number of nitrogens with zero attached hydrogens (tertiary/aromatic N) is 4. The third kappa shape index (κ3) is 7.93. The monoisotopic (exact) mass is 611 g/mol. The van der Waals surface area contributed by atoms with Crippen molar-refractivity contribution in [3.63, 3.8) is 0 Å². The molecule has 0 amide bonds. The average Bonchev–Trinajstić information content (AvgIpc) is 2.96. The van der Waals surface area contributed by atoms with Crippen LogP contribution in [0.4, 0.5) is 28.4 Å². The molecule has 0 aromatic heterocycles. The third-order valence-electron chi connectivity index (χ3n) is 6.11. The Morgan fingerprint density at radius 1 is 0.698 bits per heavy atom. The molecule has 204 valence electrons. The summed E-state index contributed by atoms with van der Waals surface area (Å²) in [5.74, 6) is -2.24. The minimum Gasteiger partial charge on any atom is -0.872 e. The van der Waals surface area contributed by atoms with Gasteiger partial charge in [-0.1, -0.05) is 60.3 Å². The summed E-state index contributed by atoms with van der Waals surface area (Å²) in [7, 11) is -4.52. The molecule has 14 heteroatoms. The normalized spacial score (nSPS) is 11.4. The van der Waals surface area contributed by atoms with E-state index in [0.717, 1.165) is 23.3 Å². The molecule has 0 saturated carbocycles. The van der Waals surface area contributed by atoms with Crippen LogP contribution in [0.3, 0.4) is 0 Å². The van der Waals surface area contributed by atoms with Gasteiger partial charge in [-0.25, -0.2) is 0 Å². The maximum atomic E-state index is 11.9. The van der Waals surface area contributed by atoms with Crippen molar-refractivity contribution in [2.75, 3.05) is 5.73 Å². The summed E-state index contributed by atoms with van der Waals surface area (Å²) in [5, 5.41) is 39.6. The fourth-order valence-electron chi connectivity index (χ4n) is 4.05. The van der Waals surface area contributed by atoms with E-state index in [9.17, 15) is 28.0 Å². The molecular formula is C29H19N5Na2O6S. The predicted octanol–water partition coefficient (Wildman–Crippen LogP) is -0.388. The second-order valence-electron chi connectivity index (χ2n) is 8.79. The number of carbonyl (C=O) groups excluding carboxylic acids is 1. The summed E-state index contributed by atoms with van der Waals surface area (Å²) in [6, 6.07) is 25.5. The molecule has 0 aliphatic rings. The Balaban J connectivity index is 0.00000253. The summed E-state index contributed by atoms with van der Waals surface area (Å²) in [6.45, 7) is 0. The standard InChI is InChI=1S/C29H21N5O6S.2Na/c30-28-23-4-2-1-3-22(23)27(41(38,39)40)16-25(28)34-32-20-11-7-18(8-12-20)17-5-9-19(10-6-17)31-33-21-13-14-26(35)24(15-21)29(36)37;;/h1-16,35H,30H2,(H,36,37)(H,38,39,40);;/q;2*+1/p-2. The van der Waals surface area contributed by atoms with E-state index >= 15 is 0 Å². The molecule has 11 nitrogen and oxygen atoms in total. The van der Waals surface area contributed by atoms with E-state index in [1.165, 1.54) is 12.1 Å². The van der Waals surface area contributed by atoms with E-state index in [4.69, 9.17) is 5.73 Å². The van der Waals surface area contributed by atoms with Gasteiger partial charge in [-0.05, 0) is 59.2 Å². The van der Waals surface area contributed by atoms with Crippen molar-refractivity contribution in [2.24, 2.45) is 20.5 Å². The Labute approximate surface area is 290 Å². The number of carbonyl (C=O) groups is 1. The Bertz CT molecular complexity index is 1970. The topological polar surface area (TPSA) is 193 Å². The number of benzene rings is 5. The van der Waals surface area contributed by atoms with Crippen LogP contribution in [0, 0.1) is 0 Å². The molecule has 0 radical (unpaired) electrons. The quantitative estimate of drug-likeness (QED) is 0.108. The Morgan fingerprint density at radius 3 is 1.72 bits per heavy atom. The van der Waals surface area contributed by atoms with Crippen molar-refractivity contribution in [2.45, 2.75) is 4.90 Å². The summed E-state index contributed by atoms with van der Waals surface area (Å²) in [4.78, 5) is 10.7. The number of carboxylic acid groups (broad SMARTS) is 1. The molecule has 0 atom stereocenters. The molecule has 0 bridgehead atoms. The average molecular weight is 612 g/mol. The van der Waals surface area contributed by atoms with Crippen LogP contribution in [0.5, 0.6) is 5.75 Å². The molecule has 0 unspecified atom stereocenters. The van der Waals surface area contributed by atoms with Crippen LogP contribution in [0.1, 0.15) is 10.4 Å². The largest absolute Gasteiger partial charge is 1.00 e. The molecule has 0 fully saturated rings. The van der Waals surface area contributed by atoms with Crippen molar-refractivity contribution < 1.29 is 87.1 Å². The van der Waals surface area contributed by atoms with Gasteiger partial charge in [-0.15, -0.1) is 5.11 Å². The zero-order valence-corrected chi connectivity index (χ0v) is 27.8. The molecule has 0 saturated heterocycles. The molecule has 43 heavy (non-hydrogen) atoms. The van der Waals surface area contributed by atoms with Gasteiger partial charge in [-0.2, -0.15) is 23.8 Å². The number of hydrogen-bond donors (Lipinski definition) is 2. The summed E-state index contributed by atoms with van der Waals surface area (Å²) < 4.78 is 33.5. The molecule has 5 aromatic rings. The predicted molar refractivity (Wildman–Crippen MR) is 149 cm³/mol. The van der Waals surface area contributed by atoms with Crippen molar-refractivity contribution in [1.29, 1.82) is 0 Å². The van der Waals surface area contributed by atoms with Crippen LogP contribution < -0.4 is 75.1 Å². The van der Waals surface area contributed by atoms with Crippen LogP contribution in [0.25, 0.3) is 21.9 Å². The fourth-order valence-corrected chi connectivity index (χ4v) is 4.77. The van der Waals surface area contributed by atoms with Crippen molar-refractivity contribution in [1.82, 2.24) is 0 Å². The maximum absolute atomic E-state index is 11.9. The van der Waals surface area contributed by atoms with Gasteiger partial charge in [0.1, 0.15) is 10.6 Å². The molecular weight excluding hydrogens is 592 g/mol. The summed E-state index contributed by atoms with van der Waals surface area (Å²) >= 11 is 0. The third-order valence-corrected chi connectivity index (χ3v) is 7.00. The van der Waals surface area contributed by atoms with Gasteiger partial charge in [0, 0.05) is 10.8 Å². The zero-order chi connectivity index (χ0) is 29.1. The second-order valence-corrected chi connectivity index (χ2v) is 10.2. The Kier molecular flexibility index (Phi) is 11.4. The number of anilines is 1. The van der Waals surface area contributed by atoms with Crippen LogP contribution in [0.15, 0.2) is 122 Å². The van der Waals surface area contributed by atoms with Crippen LogP contribution in [-0.2, 0) is 10.1 Å². The molecule has 0 aliphatic carbocycles. The van der Waals surface area contributed by atoms with Gasteiger partial charge in [0.2, 0.25) is 0 Å². The smallest absolute Gasteiger partial charge is 0.872 e. The van der Waals surface area contributed by atoms with Gasteiger partial charge in [0.15, 0.2) is 0 Å². The second kappa shape index (κ2) is 14.3. The first kappa shape index (κ1) is 34.0. The van der Waals surface area contributed by atoms with Gasteiger partial charge in [-0.3, -0.25) is 4.55 Å². The molecule has 0 spiro atoms. The van der Waals surface area contributed by atoms with Crippen molar-refractivity contribution in [3.8, 4) is 16.9 Å². The molecule has 5 aromatic carbocycles. The van der Waals surface area contributed by atoms with Gasteiger partial charge in [0.25, 0.3) is 10.1 Å². The van der Waals surface area contributed by atoms with Crippen molar-refractivity contribution >= 4 is 55.3 Å². The molecule has 3 N–H and O–H groups in total. The van der Waals surface area contributed by atoms with E-state index in [0.29, 0.717) is 16.8 Å². The van der Waals surface area contributed by atoms with Crippen LogP contribution in [0.2, 0.25) is 0 Å². The first-order valence-corrected chi connectivity index (χ1v) is 13.4. The number of rotatable bonds is 7. The minimum absolute atomic E-state index is 0. The molecule has 0 aliphatic heterocycles. The van der Waals surface area contributed by atoms with Gasteiger partial charge < -0.3 is 20.7 Å². The number of azo groups is 2. The summed E-state index contributed by atoms with van der Waals surface area (Å²) in [5.41, 5.74) is 9.00. The van der Waals surface area contributed by atoms with E-state index in [2.05, 4.69) is 20.5 Å². The number of aromatic carboxylic acids is 1. The number of fused-ring (bicyclic) bond motifs is 1. The van der Waals surface area contributed by atoms with Gasteiger partial charge in [0.05, 0.1) is 28.7 Å². The fraction of sp³-hybridized carbons (Fsp3) is 0. The number of nitrogens with two attached hydrogens (primary N) is 1. The zero-order valence-electron chi connectivity index (χ0n) is 23.0. The number of carboxylic acids is 1. The Hall–Kier alpha value is -3.46. The maximum Gasteiger partial charge on any atom is 1.00 e. The van der Waals surface area contributed by atoms with E-state index in [1.54, 1.807) is 48.5 Å². The minimum atomic E-state index is -4.52. The summed E-state index contributed by atoms with van der Waals surface area (Å²) in [6.07, 6.45) is 0. The van der Waals surface area contributed by atoms with Crippen molar-refractivity contribution in [3.05, 3.63) is 103 Å². The first-order chi connectivity index (χ1) is 19.6. The number of hydrogen-bond acceptors (Lipinski definition) is 10. The number of nitrogen functional groups attached to an aromatic ring is 1. The van der Waals surface area contributed by atoms with Crippen LogP contribution in [-0.4, -0.2) is 18.9 Å². The van der Waals surface area contributed by atoms with E-state index in [-0.39, 0.29) is 86.5 Å². The Morgan fingerprint density at radius 2 is 1.19 bits per heavy atom. The SMILES string of the molecule is Nc1c(N=Nc2ccc(-c3ccc(N=Nc4ccc([O-])c(C(=O)[O-])c4)cc3)cc2)cc(S(=O)(=O)O)c2ccccc12.[Na+].[Na+]. The van der Waals surface area contributed by atoms with Crippen LogP contribution >= 0.6 is 0 Å². The van der Waals surface area contributed by atoms with E-state index in [1.807, 2.05) is 24.3 Å². The van der Waals surface area contributed by atoms with E-state index < -0.39 is 27.4 Å². The first-order valence-electron chi connectivity index (χ1n) is 12.0. The molecule has 0 heterocycles. The molecule has 5 rings (SSSR count).